The lowest BCUT2D eigenvalue weighted by atomic mass is 9.98. The fourth-order valence-corrected chi connectivity index (χ4v) is 3.76. The number of para-hydroxylation sites is 1. The molecule has 3 rings (SSSR count). The SMILES string of the molecule is CC(C(=O)NC(c1ccccc1)c1ccccc1)N(C)CC(=O)Nc1c(Cl)cccc1Cl. The van der Waals surface area contributed by atoms with Crippen LogP contribution in [0, 0.1) is 0 Å². The van der Waals surface area contributed by atoms with Gasteiger partial charge >= 0.3 is 0 Å². The molecule has 1 unspecified atom stereocenters. The van der Waals surface area contributed by atoms with Gasteiger partial charge in [-0.2, -0.15) is 0 Å². The minimum Gasteiger partial charge on any atom is -0.344 e. The van der Waals surface area contributed by atoms with Crippen molar-refractivity contribution in [3.8, 4) is 0 Å². The molecular weight excluding hydrogens is 445 g/mol. The molecule has 0 aromatic heterocycles. The molecule has 1 atom stereocenters. The van der Waals surface area contributed by atoms with E-state index in [2.05, 4.69) is 10.6 Å². The topological polar surface area (TPSA) is 61.4 Å². The van der Waals surface area contributed by atoms with Gasteiger partial charge in [-0.25, -0.2) is 0 Å². The summed E-state index contributed by atoms with van der Waals surface area (Å²) in [7, 11) is 1.72. The Hall–Kier alpha value is -2.86. The quantitative estimate of drug-likeness (QED) is 0.478. The van der Waals surface area contributed by atoms with Crippen molar-refractivity contribution in [2.24, 2.45) is 0 Å². The maximum atomic E-state index is 13.1. The molecule has 0 aliphatic rings. The summed E-state index contributed by atoms with van der Waals surface area (Å²) in [5.74, 6) is -0.501. The van der Waals surface area contributed by atoms with Gasteiger partial charge in [-0.1, -0.05) is 89.9 Å². The number of likely N-dealkylation sites (N-methyl/N-ethyl adjacent to an activating group) is 1. The summed E-state index contributed by atoms with van der Waals surface area (Å²) < 4.78 is 0. The number of amides is 2. The molecule has 0 bridgehead atoms. The van der Waals surface area contributed by atoms with Gasteiger partial charge in [-0.3, -0.25) is 14.5 Å². The van der Waals surface area contributed by atoms with Crippen LogP contribution in [0.5, 0.6) is 0 Å². The first-order valence-corrected chi connectivity index (χ1v) is 11.0. The Labute approximate surface area is 198 Å². The summed E-state index contributed by atoms with van der Waals surface area (Å²) >= 11 is 12.2. The van der Waals surface area contributed by atoms with E-state index in [9.17, 15) is 9.59 Å². The lowest BCUT2D eigenvalue weighted by molar-refractivity contribution is -0.127. The third-order valence-corrected chi connectivity index (χ3v) is 5.84. The molecule has 2 N–H and O–H groups in total. The molecule has 0 spiro atoms. The van der Waals surface area contributed by atoms with E-state index in [1.807, 2.05) is 60.7 Å². The molecule has 166 valence electrons. The maximum absolute atomic E-state index is 13.1. The standard InChI is InChI=1S/C25H25Cl2N3O2/c1-17(30(2)16-22(31)28-24-20(26)14-9-15-21(24)27)25(32)29-23(18-10-5-3-6-11-18)19-12-7-4-8-13-19/h3-15,17,23H,16H2,1-2H3,(H,28,31)(H,29,32). The Kier molecular flexibility index (Phi) is 8.28. The summed E-state index contributed by atoms with van der Waals surface area (Å²) in [5.41, 5.74) is 2.32. The largest absolute Gasteiger partial charge is 0.344 e. The van der Waals surface area contributed by atoms with Crippen LogP contribution >= 0.6 is 23.2 Å². The molecule has 5 nitrogen and oxygen atoms in total. The first kappa shape index (κ1) is 23.8. The van der Waals surface area contributed by atoms with Gasteiger partial charge in [0.2, 0.25) is 11.8 Å². The summed E-state index contributed by atoms with van der Waals surface area (Å²) in [5, 5.41) is 6.55. The number of halogens is 2. The first-order chi connectivity index (χ1) is 15.4. The Morgan fingerprint density at radius 3 is 1.84 bits per heavy atom. The van der Waals surface area contributed by atoms with Crippen molar-refractivity contribution in [3.05, 3.63) is 100 Å². The molecular formula is C25H25Cl2N3O2. The molecule has 0 radical (unpaired) electrons. The Bertz CT molecular complexity index is 1000. The highest BCUT2D eigenvalue weighted by Crippen LogP contribution is 2.29. The summed E-state index contributed by atoms with van der Waals surface area (Å²) in [6.45, 7) is 1.76. The van der Waals surface area contributed by atoms with E-state index in [-0.39, 0.29) is 24.4 Å². The zero-order valence-corrected chi connectivity index (χ0v) is 19.4. The highest BCUT2D eigenvalue weighted by molar-refractivity contribution is 6.39. The zero-order chi connectivity index (χ0) is 23.1. The molecule has 3 aromatic carbocycles. The van der Waals surface area contributed by atoms with Gasteiger partial charge in [0, 0.05) is 0 Å². The zero-order valence-electron chi connectivity index (χ0n) is 17.9. The average Bonchev–Trinajstić information content (AvgIpc) is 2.80. The number of rotatable bonds is 8. The van der Waals surface area contributed by atoms with Crippen LogP contribution in [-0.4, -0.2) is 36.3 Å². The third kappa shape index (κ3) is 6.10. The lowest BCUT2D eigenvalue weighted by Crippen LogP contribution is -2.47. The van der Waals surface area contributed by atoms with E-state index in [1.54, 1.807) is 37.1 Å². The fraction of sp³-hybridized carbons (Fsp3) is 0.200. The van der Waals surface area contributed by atoms with E-state index in [0.717, 1.165) is 11.1 Å². The lowest BCUT2D eigenvalue weighted by Gasteiger charge is -2.27. The maximum Gasteiger partial charge on any atom is 0.238 e. The van der Waals surface area contributed by atoms with Crippen LogP contribution in [0.25, 0.3) is 0 Å². The Morgan fingerprint density at radius 1 is 0.844 bits per heavy atom. The van der Waals surface area contributed by atoms with Crippen LogP contribution in [-0.2, 0) is 9.59 Å². The normalized spacial score (nSPS) is 11.9. The average molecular weight is 470 g/mol. The number of nitrogens with zero attached hydrogens (tertiary/aromatic N) is 1. The Balaban J connectivity index is 1.67. The number of benzene rings is 3. The van der Waals surface area contributed by atoms with Gasteiger partial charge in [-0.15, -0.1) is 0 Å². The van der Waals surface area contributed by atoms with Crippen molar-refractivity contribution >= 4 is 40.7 Å². The number of hydrogen-bond donors (Lipinski definition) is 2. The molecule has 0 aliphatic carbocycles. The molecule has 7 heteroatoms. The summed E-state index contributed by atoms with van der Waals surface area (Å²) in [6.07, 6.45) is 0. The molecule has 3 aromatic rings. The van der Waals surface area contributed by atoms with E-state index >= 15 is 0 Å². The molecule has 2 amide bonds. The van der Waals surface area contributed by atoms with Crippen LogP contribution < -0.4 is 10.6 Å². The predicted octanol–water partition coefficient (Wildman–Crippen LogP) is 5.16. The van der Waals surface area contributed by atoms with Gasteiger partial charge in [0.05, 0.1) is 34.4 Å². The second-order valence-electron chi connectivity index (χ2n) is 7.50. The third-order valence-electron chi connectivity index (χ3n) is 5.21. The number of carbonyl (C=O) groups excluding carboxylic acids is 2. The van der Waals surface area contributed by atoms with Crippen LogP contribution in [0.15, 0.2) is 78.9 Å². The summed E-state index contributed by atoms with van der Waals surface area (Å²) in [6, 6.07) is 23.7. The van der Waals surface area contributed by atoms with Crippen LogP contribution in [0.3, 0.4) is 0 Å². The molecule has 0 heterocycles. The Morgan fingerprint density at radius 2 is 1.34 bits per heavy atom. The summed E-state index contributed by atoms with van der Waals surface area (Å²) in [4.78, 5) is 27.2. The minimum absolute atomic E-state index is 0.00250. The van der Waals surface area contributed by atoms with Crippen molar-refractivity contribution in [1.29, 1.82) is 0 Å². The van der Waals surface area contributed by atoms with Crippen molar-refractivity contribution < 1.29 is 9.59 Å². The van der Waals surface area contributed by atoms with Crippen LogP contribution in [0.2, 0.25) is 10.0 Å². The smallest absolute Gasteiger partial charge is 0.238 e. The van der Waals surface area contributed by atoms with E-state index < -0.39 is 6.04 Å². The monoisotopic (exact) mass is 469 g/mol. The van der Waals surface area contributed by atoms with Crippen molar-refractivity contribution in [2.45, 2.75) is 19.0 Å². The number of nitrogens with one attached hydrogen (secondary N) is 2. The molecule has 0 aliphatic heterocycles. The number of hydrogen-bond acceptors (Lipinski definition) is 3. The van der Waals surface area contributed by atoms with Crippen molar-refractivity contribution in [3.63, 3.8) is 0 Å². The van der Waals surface area contributed by atoms with Gasteiger partial charge in [-0.05, 0) is 37.2 Å². The molecule has 32 heavy (non-hydrogen) atoms. The van der Waals surface area contributed by atoms with E-state index in [0.29, 0.717) is 15.7 Å². The molecule has 0 fully saturated rings. The predicted molar refractivity (Wildman–Crippen MR) is 130 cm³/mol. The highest BCUT2D eigenvalue weighted by atomic mass is 35.5. The van der Waals surface area contributed by atoms with Gasteiger partial charge in [0.1, 0.15) is 0 Å². The number of anilines is 1. The fourth-order valence-electron chi connectivity index (χ4n) is 3.27. The van der Waals surface area contributed by atoms with E-state index in [1.165, 1.54) is 0 Å². The number of carbonyl (C=O) groups is 2. The van der Waals surface area contributed by atoms with Crippen LogP contribution in [0.1, 0.15) is 24.1 Å². The van der Waals surface area contributed by atoms with Crippen molar-refractivity contribution in [1.82, 2.24) is 10.2 Å². The van der Waals surface area contributed by atoms with Crippen molar-refractivity contribution in [2.75, 3.05) is 18.9 Å². The van der Waals surface area contributed by atoms with Gasteiger partial charge in [0.15, 0.2) is 0 Å². The molecule has 0 saturated heterocycles. The molecule has 0 saturated carbocycles. The minimum atomic E-state index is -0.544. The second kappa shape index (κ2) is 11.1. The van der Waals surface area contributed by atoms with Crippen LogP contribution in [0.4, 0.5) is 5.69 Å². The highest BCUT2D eigenvalue weighted by Gasteiger charge is 2.24. The van der Waals surface area contributed by atoms with Gasteiger partial charge < -0.3 is 10.6 Å². The van der Waals surface area contributed by atoms with E-state index in [4.69, 9.17) is 23.2 Å². The first-order valence-electron chi connectivity index (χ1n) is 10.2. The second-order valence-corrected chi connectivity index (χ2v) is 8.31. The van der Waals surface area contributed by atoms with Gasteiger partial charge in [0.25, 0.3) is 0 Å².